The van der Waals surface area contributed by atoms with Crippen molar-refractivity contribution in [3.63, 3.8) is 0 Å². The second-order valence-corrected chi connectivity index (χ2v) is 5.67. The first-order chi connectivity index (χ1) is 11.3. The molecule has 1 saturated heterocycles. The fourth-order valence-electron chi connectivity index (χ4n) is 3.00. The molecule has 0 amide bonds. The molecule has 2 aromatic rings. The number of hydrogen-bond acceptors (Lipinski definition) is 5. The molecule has 0 bridgehead atoms. The van der Waals surface area contributed by atoms with Crippen molar-refractivity contribution >= 4 is 5.82 Å². The van der Waals surface area contributed by atoms with Gasteiger partial charge in [0.05, 0.1) is 7.11 Å². The summed E-state index contributed by atoms with van der Waals surface area (Å²) < 4.78 is 18.6. The van der Waals surface area contributed by atoms with E-state index in [1.165, 1.54) is 13.2 Å². The Morgan fingerprint density at radius 1 is 1.39 bits per heavy atom. The van der Waals surface area contributed by atoms with Crippen LogP contribution in [-0.4, -0.2) is 36.4 Å². The van der Waals surface area contributed by atoms with Gasteiger partial charge in [-0.15, -0.1) is 5.10 Å². The quantitative estimate of drug-likeness (QED) is 0.887. The zero-order valence-corrected chi connectivity index (χ0v) is 13.2. The minimum absolute atomic E-state index is 0.276. The van der Waals surface area contributed by atoms with Crippen LogP contribution in [0.5, 0.6) is 5.75 Å². The van der Waals surface area contributed by atoms with Crippen LogP contribution in [0.3, 0.4) is 0 Å². The predicted molar refractivity (Wildman–Crippen MR) is 87.1 cm³/mol. The number of aromatic nitrogens is 2. The van der Waals surface area contributed by atoms with E-state index in [0.717, 1.165) is 37.3 Å². The number of methoxy groups -OCH3 is 1. The molecule has 0 unspecified atom stereocenters. The third kappa shape index (κ3) is 3.76. The van der Waals surface area contributed by atoms with Gasteiger partial charge < -0.3 is 15.0 Å². The first-order valence-corrected chi connectivity index (χ1v) is 7.85. The lowest BCUT2D eigenvalue weighted by atomic mass is 10.2. The summed E-state index contributed by atoms with van der Waals surface area (Å²) in [7, 11) is 1.47. The minimum atomic E-state index is -0.325. The number of rotatable bonds is 6. The third-order valence-electron chi connectivity index (χ3n) is 4.15. The first-order valence-electron chi connectivity index (χ1n) is 7.85. The zero-order valence-electron chi connectivity index (χ0n) is 13.2. The van der Waals surface area contributed by atoms with Gasteiger partial charge in [0.15, 0.2) is 17.4 Å². The monoisotopic (exact) mass is 316 g/mol. The van der Waals surface area contributed by atoms with Gasteiger partial charge in [-0.1, -0.05) is 6.07 Å². The van der Waals surface area contributed by atoms with Gasteiger partial charge in [-0.05, 0) is 42.7 Å². The Hall–Kier alpha value is -2.21. The van der Waals surface area contributed by atoms with Crippen LogP contribution in [0.2, 0.25) is 0 Å². The van der Waals surface area contributed by atoms with Crippen LogP contribution in [0.1, 0.15) is 18.4 Å². The standard InChI is InChI=1S/C17H21FN4O/c1-23-16-7-6-13(10-15(16)18)11-19-12-14-4-3-9-22(14)17-5-2-8-20-21-17/h2,5-8,10,14,19H,3-4,9,11-12H2,1H3/t14-/m0/s1. The van der Waals surface area contributed by atoms with Crippen LogP contribution in [0.4, 0.5) is 10.2 Å². The molecule has 122 valence electrons. The molecule has 0 saturated carbocycles. The molecule has 3 rings (SSSR count). The molecule has 1 aromatic heterocycles. The van der Waals surface area contributed by atoms with Gasteiger partial charge in [-0.2, -0.15) is 5.10 Å². The summed E-state index contributed by atoms with van der Waals surface area (Å²) in [6.45, 7) is 2.47. The van der Waals surface area contributed by atoms with Gasteiger partial charge in [-0.3, -0.25) is 0 Å². The smallest absolute Gasteiger partial charge is 0.165 e. The average molecular weight is 316 g/mol. The molecule has 0 spiro atoms. The van der Waals surface area contributed by atoms with E-state index in [1.54, 1.807) is 12.3 Å². The normalized spacial score (nSPS) is 17.5. The van der Waals surface area contributed by atoms with Crippen molar-refractivity contribution in [2.24, 2.45) is 0 Å². The van der Waals surface area contributed by atoms with E-state index in [0.29, 0.717) is 12.6 Å². The second-order valence-electron chi connectivity index (χ2n) is 5.67. The molecule has 1 N–H and O–H groups in total. The van der Waals surface area contributed by atoms with Gasteiger partial charge >= 0.3 is 0 Å². The minimum Gasteiger partial charge on any atom is -0.494 e. The highest BCUT2D eigenvalue weighted by molar-refractivity contribution is 5.39. The summed E-state index contributed by atoms with van der Waals surface area (Å²) >= 11 is 0. The molecule has 5 nitrogen and oxygen atoms in total. The van der Waals surface area contributed by atoms with E-state index >= 15 is 0 Å². The van der Waals surface area contributed by atoms with E-state index in [9.17, 15) is 4.39 Å². The lowest BCUT2D eigenvalue weighted by molar-refractivity contribution is 0.386. The van der Waals surface area contributed by atoms with E-state index < -0.39 is 0 Å². The number of halogens is 1. The lowest BCUT2D eigenvalue weighted by Crippen LogP contribution is -2.38. The molecule has 6 heteroatoms. The molecular weight excluding hydrogens is 295 g/mol. The van der Waals surface area contributed by atoms with Gasteiger partial charge in [0.1, 0.15) is 0 Å². The highest BCUT2D eigenvalue weighted by Crippen LogP contribution is 2.22. The zero-order chi connectivity index (χ0) is 16.1. The van der Waals surface area contributed by atoms with Crippen LogP contribution in [-0.2, 0) is 6.54 Å². The Labute approximate surface area is 135 Å². The second kappa shape index (κ2) is 7.37. The Morgan fingerprint density at radius 3 is 3.04 bits per heavy atom. The Bertz CT molecular complexity index is 638. The van der Waals surface area contributed by atoms with Crippen molar-refractivity contribution in [3.05, 3.63) is 47.9 Å². The number of ether oxygens (including phenoxy) is 1. The van der Waals surface area contributed by atoms with E-state index in [2.05, 4.69) is 20.4 Å². The molecular formula is C17H21FN4O. The SMILES string of the molecule is COc1ccc(CNC[C@@H]2CCCN2c2cccnn2)cc1F. The lowest BCUT2D eigenvalue weighted by Gasteiger charge is -2.25. The largest absolute Gasteiger partial charge is 0.494 e. The fraction of sp³-hybridized carbons (Fsp3) is 0.412. The summed E-state index contributed by atoms with van der Waals surface area (Å²) in [4.78, 5) is 2.29. The van der Waals surface area contributed by atoms with Crippen molar-refractivity contribution < 1.29 is 9.13 Å². The molecule has 1 aliphatic heterocycles. The van der Waals surface area contributed by atoms with Crippen molar-refractivity contribution in [2.45, 2.75) is 25.4 Å². The maximum absolute atomic E-state index is 13.7. The van der Waals surface area contributed by atoms with Gasteiger partial charge in [0.25, 0.3) is 0 Å². The van der Waals surface area contributed by atoms with Crippen LogP contribution >= 0.6 is 0 Å². The fourth-order valence-corrected chi connectivity index (χ4v) is 3.00. The molecule has 1 aromatic carbocycles. The van der Waals surface area contributed by atoms with Crippen molar-refractivity contribution in [3.8, 4) is 5.75 Å². The molecule has 1 fully saturated rings. The van der Waals surface area contributed by atoms with Crippen molar-refractivity contribution in [1.29, 1.82) is 0 Å². The van der Waals surface area contributed by atoms with Crippen LogP contribution in [0, 0.1) is 5.82 Å². The topological polar surface area (TPSA) is 50.3 Å². The number of nitrogens with one attached hydrogen (secondary N) is 1. The van der Waals surface area contributed by atoms with Gasteiger partial charge in [-0.25, -0.2) is 4.39 Å². The molecule has 23 heavy (non-hydrogen) atoms. The Kier molecular flexibility index (Phi) is 5.02. The average Bonchev–Trinajstić information content (AvgIpc) is 3.04. The van der Waals surface area contributed by atoms with Gasteiger partial charge in [0.2, 0.25) is 0 Å². The Balaban J connectivity index is 1.55. The summed E-state index contributed by atoms with van der Waals surface area (Å²) in [5, 5.41) is 11.6. The van der Waals surface area contributed by atoms with Crippen molar-refractivity contribution in [2.75, 3.05) is 25.1 Å². The number of nitrogens with zero attached hydrogens (tertiary/aromatic N) is 3. The summed E-state index contributed by atoms with van der Waals surface area (Å²) in [6, 6.07) is 9.35. The van der Waals surface area contributed by atoms with Crippen LogP contribution < -0.4 is 15.0 Å². The van der Waals surface area contributed by atoms with E-state index in [1.807, 2.05) is 18.2 Å². The maximum atomic E-state index is 13.7. The van der Waals surface area contributed by atoms with Crippen LogP contribution in [0.15, 0.2) is 36.5 Å². The number of benzene rings is 1. The first kappa shape index (κ1) is 15.7. The van der Waals surface area contributed by atoms with Crippen molar-refractivity contribution in [1.82, 2.24) is 15.5 Å². The molecule has 0 radical (unpaired) electrons. The highest BCUT2D eigenvalue weighted by Gasteiger charge is 2.25. The summed E-state index contributed by atoms with van der Waals surface area (Å²) in [5.74, 6) is 0.875. The van der Waals surface area contributed by atoms with E-state index in [4.69, 9.17) is 4.74 Å². The molecule has 1 atom stereocenters. The maximum Gasteiger partial charge on any atom is 0.165 e. The third-order valence-corrected chi connectivity index (χ3v) is 4.15. The molecule has 0 aliphatic carbocycles. The summed E-state index contributed by atoms with van der Waals surface area (Å²) in [6.07, 6.45) is 3.96. The Morgan fingerprint density at radius 2 is 2.30 bits per heavy atom. The van der Waals surface area contributed by atoms with E-state index in [-0.39, 0.29) is 11.6 Å². The summed E-state index contributed by atoms with van der Waals surface area (Å²) in [5.41, 5.74) is 0.910. The molecule has 1 aliphatic rings. The number of hydrogen-bond donors (Lipinski definition) is 1. The van der Waals surface area contributed by atoms with Gasteiger partial charge in [0, 0.05) is 31.9 Å². The molecule has 2 heterocycles. The highest BCUT2D eigenvalue weighted by atomic mass is 19.1. The number of anilines is 1. The van der Waals surface area contributed by atoms with Crippen LogP contribution in [0.25, 0.3) is 0 Å². The predicted octanol–water partition coefficient (Wildman–Crippen LogP) is 2.38.